The zero-order valence-electron chi connectivity index (χ0n) is 68.0. The number of halogens is 2. The van der Waals surface area contributed by atoms with E-state index in [2.05, 4.69) is 42.5 Å². The molecule has 8 aliphatic heterocycles. The molecule has 0 aromatic heterocycles. The highest BCUT2D eigenvalue weighted by molar-refractivity contribution is 6.32. The second-order valence-electron chi connectivity index (χ2n) is 32.6. The van der Waals surface area contributed by atoms with E-state index in [0.29, 0.717) is 0 Å². The molecule has 8 aliphatic rings. The van der Waals surface area contributed by atoms with E-state index in [-0.39, 0.29) is 59.2 Å². The monoisotopic (exact) mass is 1760 g/mol. The summed E-state index contributed by atoms with van der Waals surface area (Å²) in [4.78, 5) is 121. The molecular formula is C86H98Cl2N10O26. The molecular weight excluding hydrogens is 1660 g/mol. The van der Waals surface area contributed by atoms with Crippen LogP contribution in [0.2, 0.25) is 10.0 Å². The van der Waals surface area contributed by atoms with Gasteiger partial charge < -0.3 is 143 Å². The molecule has 22 N–H and O–H groups in total. The average molecular weight is 1760 g/mol. The van der Waals surface area contributed by atoms with E-state index in [1.807, 2.05) is 68.4 Å². The predicted octanol–water partition coefficient (Wildman–Crippen LogP) is 3.84. The molecule has 3 saturated heterocycles. The van der Waals surface area contributed by atoms with E-state index in [0.717, 1.165) is 65.2 Å². The topological polar surface area (TPSA) is 561 Å². The molecule has 0 unspecified atom stereocenters. The van der Waals surface area contributed by atoms with Crippen molar-refractivity contribution in [3.05, 3.63) is 177 Å². The lowest BCUT2D eigenvalue weighted by atomic mass is 9.84. The molecule has 7 aromatic carbocycles. The second kappa shape index (κ2) is 37.5. The maximum absolute atomic E-state index is 16.6. The molecule has 8 heterocycles. The third-order valence-electron chi connectivity index (χ3n) is 22.9. The molecule has 0 spiro atoms. The number of ether oxygens (including phenoxy) is 8. The molecule has 0 aliphatic carbocycles. The zero-order chi connectivity index (χ0) is 89.4. The number of carboxylic acid groups (broad SMARTS) is 1. The van der Waals surface area contributed by atoms with Crippen LogP contribution in [-0.4, -0.2) is 215 Å². The number of hydrogen-bond acceptors (Lipinski definition) is 28. The molecule has 0 radical (unpaired) electrons. The van der Waals surface area contributed by atoms with Gasteiger partial charge in [0.15, 0.2) is 36.2 Å². The number of aliphatic hydroxyl groups excluding tert-OH is 6. The minimum Gasteiger partial charge on any atom is -0.508 e. The van der Waals surface area contributed by atoms with Crippen molar-refractivity contribution in [2.75, 3.05) is 13.7 Å². The number of aromatic hydroxyl groups is 3. The Hall–Kier alpha value is -10.9. The number of phenolic OH excluding ortho intramolecular Hbond substituents is 3. The minimum absolute atomic E-state index is 0.117. The normalized spacial score (nSPS) is 29.9. The summed E-state index contributed by atoms with van der Waals surface area (Å²) >= 11 is 14.7. The Morgan fingerprint density at radius 2 is 1.24 bits per heavy atom. The first-order chi connectivity index (χ1) is 58.8. The van der Waals surface area contributed by atoms with Crippen molar-refractivity contribution in [1.29, 1.82) is 0 Å². The molecule has 7 aromatic rings. The molecule has 38 heteroatoms. The maximum Gasteiger partial charge on any atom is 0.330 e. The number of fused-ring (bicyclic) bond motifs is 15. The van der Waals surface area contributed by atoms with Crippen LogP contribution in [0.15, 0.2) is 133 Å². The maximum atomic E-state index is 16.6. The van der Waals surface area contributed by atoms with Gasteiger partial charge in [0.05, 0.1) is 53.5 Å². The molecule has 22 atom stereocenters. The number of nitrogens with two attached hydrogens (primary N) is 2. The van der Waals surface area contributed by atoms with Crippen molar-refractivity contribution in [3.63, 3.8) is 0 Å². The van der Waals surface area contributed by atoms with Crippen molar-refractivity contribution >= 4 is 70.5 Å². The summed E-state index contributed by atoms with van der Waals surface area (Å²) in [6.07, 6.45) is -22.8. The van der Waals surface area contributed by atoms with Crippen LogP contribution >= 0.6 is 23.2 Å². The number of phenols is 3. The summed E-state index contributed by atoms with van der Waals surface area (Å²) in [6.45, 7) is 9.12. The number of aliphatic carboxylic acids is 1. The van der Waals surface area contributed by atoms with E-state index in [9.17, 15) is 65.4 Å². The van der Waals surface area contributed by atoms with Crippen molar-refractivity contribution in [2.24, 2.45) is 17.4 Å². The van der Waals surface area contributed by atoms with Crippen molar-refractivity contribution in [1.82, 2.24) is 42.5 Å². The van der Waals surface area contributed by atoms with Crippen LogP contribution in [0.1, 0.15) is 131 Å². The predicted molar refractivity (Wildman–Crippen MR) is 440 cm³/mol. The van der Waals surface area contributed by atoms with Crippen LogP contribution in [0.4, 0.5) is 0 Å². The number of benzene rings is 7. The fourth-order valence-corrected chi connectivity index (χ4v) is 16.6. The summed E-state index contributed by atoms with van der Waals surface area (Å²) < 4.78 is 52.9. The number of carbonyl (C=O) groups excluding carboxylic acids is 7. The second-order valence-corrected chi connectivity index (χ2v) is 33.4. The third-order valence-corrected chi connectivity index (χ3v) is 23.4. The summed E-state index contributed by atoms with van der Waals surface area (Å²) in [5.41, 5.74) is 9.79. The smallest absolute Gasteiger partial charge is 0.330 e. The Bertz CT molecular complexity index is 5190. The van der Waals surface area contributed by atoms with Gasteiger partial charge in [-0.05, 0) is 141 Å². The Labute approximate surface area is 720 Å². The van der Waals surface area contributed by atoms with E-state index in [1.54, 1.807) is 13.8 Å². The number of rotatable bonds is 19. The van der Waals surface area contributed by atoms with Gasteiger partial charge >= 0.3 is 5.97 Å². The van der Waals surface area contributed by atoms with Crippen molar-refractivity contribution in [3.8, 4) is 68.2 Å². The number of primary amides is 1. The van der Waals surface area contributed by atoms with Crippen LogP contribution < -0.4 is 68.2 Å². The molecule has 3 fully saturated rings. The molecule has 15 rings (SSSR count). The number of nitrogens with one attached hydrogen (secondary N) is 8. The number of carboxylic acids is 1. The van der Waals surface area contributed by atoms with Crippen LogP contribution in [-0.2, 0) is 68.6 Å². The lowest BCUT2D eigenvalue weighted by molar-refractivity contribution is -0.334. The SMILES string of the molecule is CN[C@H](CC(C)C)C(=O)N[C@H]1C(=O)N[C@@H](CC(N)=O)C(=O)N[C@H]2C(=O)N[C@H]3C(=O)N[C@H](C(=O)N[C@H](C(=O)O)c4cc(O)cc(O)c4-c4cc3ccc4O)[C@H](O[C@H]3C[C@](C)(N)[C@@H](O)[C@H](C)O3)c3ccc(c(Cl)c3)Oc3cc2cc(c3O[C@@H]2O[C@H](CO)[C@@H](O)[C@H](O)[C@H]2O[C@H]2C[C@](C)(NCc3ccc(-c4ccccc4)cc3)[C@H](O)[C@H](C)O2)Oc2ccc(cc2Cl)[C@H]1O. The highest BCUT2D eigenvalue weighted by Crippen LogP contribution is 2.51. The van der Waals surface area contributed by atoms with Gasteiger partial charge in [-0.25, -0.2) is 4.79 Å². The molecule has 7 amide bonds. The van der Waals surface area contributed by atoms with Crippen molar-refractivity contribution in [2.45, 2.75) is 207 Å². The number of likely N-dealkylation sites (N-methyl/N-ethyl adjacent to an activating group) is 1. The molecule has 662 valence electrons. The summed E-state index contributed by atoms with van der Waals surface area (Å²) in [7, 11) is 1.48. The summed E-state index contributed by atoms with van der Waals surface area (Å²) in [6, 6.07) is 17.1. The number of carbonyl (C=O) groups is 8. The van der Waals surface area contributed by atoms with Crippen LogP contribution in [0.3, 0.4) is 0 Å². The first kappa shape index (κ1) is 90.8. The molecule has 11 bridgehead atoms. The highest BCUT2D eigenvalue weighted by atomic mass is 35.5. The Morgan fingerprint density at radius 1 is 0.637 bits per heavy atom. The van der Waals surface area contributed by atoms with Crippen LogP contribution in [0, 0.1) is 5.92 Å². The molecule has 0 saturated carbocycles. The Balaban J connectivity index is 1.02. The van der Waals surface area contributed by atoms with E-state index in [1.165, 1.54) is 51.2 Å². The zero-order valence-corrected chi connectivity index (χ0v) is 69.5. The first-order valence-electron chi connectivity index (χ1n) is 40.0. The van der Waals surface area contributed by atoms with E-state index < -0.39 is 261 Å². The van der Waals surface area contributed by atoms with Crippen LogP contribution in [0.25, 0.3) is 22.3 Å². The van der Waals surface area contributed by atoms with Crippen LogP contribution in [0.5, 0.6) is 46.0 Å². The summed E-state index contributed by atoms with van der Waals surface area (Å²) in [5.74, 6) is -16.1. The standard InChI is InChI=1S/C86H98Cl2N10O26/c1-36(2)23-51(91-7)77(109)97-67-69(104)43-18-21-55(49(87)25-43)119-57-27-45-28-58(73(57)124-84-74(71(106)70(105)59(35-99)121-84)123-62-33-86(6,76(108)38(4)118-62)92-34-39-13-15-41(16-14-39)40-11-9-8-10-12-40)120-56-22-19-44(26-50(56)88)72(122-61-32-85(5,90)75(107)37(3)117-61)68-82(114)96-66(83(115)116)48-29-46(100)30-54(102)63(48)47-24-42(17-20-53(47)101)64(79(111)98-68)95-80(112)65(45)94-78(110)52(31-60(89)103)93-81(67)113/h8-22,24-30,36-38,51-52,59,61-62,64-72,74-76,84,91-92,99-102,104-108H,23,31-35,90H2,1-7H3,(H2,89,103)(H,93,113)(H,94,110)(H,95,112)(H,96,114)(H,97,109)(H,98,111)(H,115,116)/t37-,38-,51+,52-,59+,61-,62-,64+,65+,66-,67+,68-,69+,70+,71-,72+,74+,75-,76+,84-,85-,86-/m0/s1. The van der Waals surface area contributed by atoms with Gasteiger partial charge in [0, 0.05) is 53.2 Å². The minimum atomic E-state index is -2.39. The number of amides is 7. The fourth-order valence-electron chi connectivity index (χ4n) is 16.2. The van der Waals surface area contributed by atoms with Gasteiger partial charge in [-0.15, -0.1) is 0 Å². The van der Waals surface area contributed by atoms with Gasteiger partial charge in [-0.1, -0.05) is 110 Å². The fraction of sp³-hybridized carbons (Fsp3) is 0.419. The number of hydrogen-bond donors (Lipinski definition) is 20. The van der Waals surface area contributed by atoms with Gasteiger partial charge in [-0.2, -0.15) is 0 Å². The number of aliphatic hydroxyl groups is 6. The van der Waals surface area contributed by atoms with Gasteiger partial charge in [0.25, 0.3) is 0 Å². The average Bonchev–Trinajstić information content (AvgIpc) is 0.769. The van der Waals surface area contributed by atoms with E-state index >= 15 is 24.0 Å². The molecule has 36 nitrogen and oxygen atoms in total. The van der Waals surface area contributed by atoms with Gasteiger partial charge in [0.2, 0.25) is 53.4 Å². The quantitative estimate of drug-likeness (QED) is 0.0547. The van der Waals surface area contributed by atoms with Gasteiger partial charge in [0.1, 0.15) is 89.5 Å². The van der Waals surface area contributed by atoms with E-state index in [4.69, 9.17) is 72.6 Å². The van der Waals surface area contributed by atoms with Crippen molar-refractivity contribution < 1.29 is 127 Å². The van der Waals surface area contributed by atoms with Gasteiger partial charge in [-0.3, -0.25) is 33.6 Å². The highest BCUT2D eigenvalue weighted by Gasteiger charge is 2.53. The Kier molecular flexibility index (Phi) is 27.5. The third kappa shape index (κ3) is 19.6. The first-order valence-corrected chi connectivity index (χ1v) is 40.7. The molecule has 124 heavy (non-hydrogen) atoms. The summed E-state index contributed by atoms with van der Waals surface area (Å²) in [5, 5.41) is 137. The lowest BCUT2D eigenvalue weighted by Crippen LogP contribution is -2.65. The largest absolute Gasteiger partial charge is 0.508 e. The lowest BCUT2D eigenvalue weighted by Gasteiger charge is -2.48. The Morgan fingerprint density at radius 3 is 1.86 bits per heavy atom.